The molecule has 1 saturated heterocycles. The molecule has 0 bridgehead atoms. The molecule has 0 atom stereocenters. The van der Waals surface area contributed by atoms with Gasteiger partial charge in [0.25, 0.3) is 0 Å². The molecule has 5 nitrogen and oxygen atoms in total. The van der Waals surface area contributed by atoms with E-state index in [0.29, 0.717) is 37.4 Å². The van der Waals surface area contributed by atoms with Crippen LogP contribution in [0.1, 0.15) is 18.4 Å². The van der Waals surface area contributed by atoms with E-state index >= 15 is 0 Å². The summed E-state index contributed by atoms with van der Waals surface area (Å²) in [5.41, 5.74) is 2.22. The van der Waals surface area contributed by atoms with Gasteiger partial charge in [0.05, 0.1) is 4.90 Å². The van der Waals surface area contributed by atoms with Crippen LogP contribution in [0.5, 0.6) is 0 Å². The van der Waals surface area contributed by atoms with Crippen molar-refractivity contribution in [2.75, 3.05) is 24.5 Å². The van der Waals surface area contributed by atoms with E-state index in [1.165, 1.54) is 9.87 Å². The molecule has 2 heterocycles. The molecule has 2 aliphatic heterocycles. The number of piperidine rings is 1. The first-order valence-corrected chi connectivity index (χ1v) is 11.9. The molecule has 6 heteroatoms. The largest absolute Gasteiger partial charge is 0.312 e. The number of carbonyl (C=O) groups excluding carboxylic acids is 1. The van der Waals surface area contributed by atoms with Gasteiger partial charge in [-0.2, -0.15) is 4.31 Å². The normalized spacial score (nSPS) is 17.9. The van der Waals surface area contributed by atoms with E-state index in [2.05, 4.69) is 6.07 Å². The lowest BCUT2D eigenvalue weighted by Crippen LogP contribution is -2.44. The van der Waals surface area contributed by atoms with Crippen molar-refractivity contribution >= 4 is 32.4 Å². The van der Waals surface area contributed by atoms with E-state index in [1.54, 1.807) is 12.1 Å². The molecule has 3 aromatic carbocycles. The van der Waals surface area contributed by atoms with Crippen LogP contribution in [-0.4, -0.2) is 38.3 Å². The maximum Gasteiger partial charge on any atom is 0.243 e. The number of anilines is 1. The summed E-state index contributed by atoms with van der Waals surface area (Å²) >= 11 is 0. The zero-order valence-electron chi connectivity index (χ0n) is 16.7. The van der Waals surface area contributed by atoms with E-state index in [4.69, 9.17) is 0 Å². The molecule has 154 valence electrons. The van der Waals surface area contributed by atoms with Gasteiger partial charge in [-0.1, -0.05) is 48.5 Å². The number of fused-ring (bicyclic) bond motifs is 2. The molecular formula is C24H24N2O3S. The lowest BCUT2D eigenvalue weighted by Gasteiger charge is -2.32. The summed E-state index contributed by atoms with van der Waals surface area (Å²) in [6.07, 6.45) is 2.01. The van der Waals surface area contributed by atoms with Crippen molar-refractivity contribution in [3.05, 3.63) is 72.3 Å². The van der Waals surface area contributed by atoms with Crippen molar-refractivity contribution in [2.45, 2.75) is 24.2 Å². The molecule has 0 aliphatic carbocycles. The van der Waals surface area contributed by atoms with Crippen LogP contribution in [0, 0.1) is 5.92 Å². The molecule has 0 radical (unpaired) electrons. The number of hydrogen-bond acceptors (Lipinski definition) is 3. The maximum absolute atomic E-state index is 13.2. The predicted octanol–water partition coefficient (Wildman–Crippen LogP) is 3.83. The summed E-state index contributed by atoms with van der Waals surface area (Å²) < 4.78 is 27.8. The SMILES string of the molecule is O=C(C1CCN(S(=O)(=O)c2ccc3ccccc3c2)CC1)N1CCc2ccccc21. The second kappa shape index (κ2) is 7.52. The number of amides is 1. The fraction of sp³-hybridized carbons (Fsp3) is 0.292. The van der Waals surface area contributed by atoms with Gasteiger partial charge in [-0.3, -0.25) is 4.79 Å². The summed E-state index contributed by atoms with van der Waals surface area (Å²) in [6.45, 7) is 1.47. The smallest absolute Gasteiger partial charge is 0.243 e. The Balaban J connectivity index is 1.30. The monoisotopic (exact) mass is 420 g/mol. The molecule has 0 unspecified atom stereocenters. The van der Waals surface area contributed by atoms with E-state index in [-0.39, 0.29) is 11.8 Å². The first-order chi connectivity index (χ1) is 14.5. The minimum absolute atomic E-state index is 0.126. The van der Waals surface area contributed by atoms with Crippen molar-refractivity contribution in [3.63, 3.8) is 0 Å². The molecule has 0 saturated carbocycles. The summed E-state index contributed by atoms with van der Waals surface area (Å²) in [5, 5.41) is 1.93. The lowest BCUT2D eigenvalue weighted by molar-refractivity contribution is -0.123. The van der Waals surface area contributed by atoms with Crippen LogP contribution in [0.3, 0.4) is 0 Å². The molecule has 1 amide bonds. The van der Waals surface area contributed by atoms with Crippen LogP contribution in [0.15, 0.2) is 71.6 Å². The molecule has 30 heavy (non-hydrogen) atoms. The maximum atomic E-state index is 13.2. The molecule has 0 aromatic heterocycles. The van der Waals surface area contributed by atoms with Crippen LogP contribution in [0.4, 0.5) is 5.69 Å². The Hall–Kier alpha value is -2.70. The molecule has 0 spiro atoms. The average molecular weight is 421 g/mol. The molecular weight excluding hydrogens is 396 g/mol. The summed E-state index contributed by atoms with van der Waals surface area (Å²) in [6, 6.07) is 21.0. The lowest BCUT2D eigenvalue weighted by atomic mass is 9.96. The van der Waals surface area contributed by atoms with E-state index in [1.807, 2.05) is 53.4 Å². The fourth-order valence-electron chi connectivity index (χ4n) is 4.61. The van der Waals surface area contributed by atoms with Gasteiger partial charge in [-0.15, -0.1) is 0 Å². The van der Waals surface area contributed by atoms with Gasteiger partial charge >= 0.3 is 0 Å². The van der Waals surface area contributed by atoms with E-state index in [9.17, 15) is 13.2 Å². The fourth-order valence-corrected chi connectivity index (χ4v) is 6.11. The second-order valence-electron chi connectivity index (χ2n) is 8.06. The summed E-state index contributed by atoms with van der Waals surface area (Å²) in [7, 11) is -3.56. The van der Waals surface area contributed by atoms with Crippen LogP contribution in [0.2, 0.25) is 0 Å². The zero-order valence-corrected chi connectivity index (χ0v) is 17.5. The highest BCUT2D eigenvalue weighted by Crippen LogP contribution is 2.32. The minimum Gasteiger partial charge on any atom is -0.312 e. The van der Waals surface area contributed by atoms with Crippen molar-refractivity contribution in [1.82, 2.24) is 4.31 Å². The van der Waals surface area contributed by atoms with Crippen molar-refractivity contribution < 1.29 is 13.2 Å². The third kappa shape index (κ3) is 3.30. The predicted molar refractivity (Wildman–Crippen MR) is 118 cm³/mol. The first-order valence-electron chi connectivity index (χ1n) is 10.4. The Kier molecular flexibility index (Phi) is 4.83. The van der Waals surface area contributed by atoms with Gasteiger partial charge in [0.2, 0.25) is 15.9 Å². The van der Waals surface area contributed by atoms with Gasteiger partial charge in [0.15, 0.2) is 0 Å². The number of carbonyl (C=O) groups is 1. The Labute approximate surface area is 177 Å². The molecule has 3 aromatic rings. The van der Waals surface area contributed by atoms with Crippen LogP contribution < -0.4 is 4.90 Å². The number of para-hydroxylation sites is 1. The van der Waals surface area contributed by atoms with E-state index in [0.717, 1.165) is 22.9 Å². The van der Waals surface area contributed by atoms with Crippen molar-refractivity contribution in [2.24, 2.45) is 5.92 Å². The number of hydrogen-bond donors (Lipinski definition) is 0. The van der Waals surface area contributed by atoms with Gasteiger partial charge in [-0.25, -0.2) is 8.42 Å². The Morgan fingerprint density at radius 2 is 1.53 bits per heavy atom. The summed E-state index contributed by atoms with van der Waals surface area (Å²) in [5.74, 6) is 0.00177. The number of rotatable bonds is 3. The van der Waals surface area contributed by atoms with Crippen LogP contribution in [0.25, 0.3) is 10.8 Å². The van der Waals surface area contributed by atoms with Crippen molar-refractivity contribution in [3.8, 4) is 0 Å². The van der Waals surface area contributed by atoms with Gasteiger partial charge in [0, 0.05) is 31.2 Å². The van der Waals surface area contributed by atoms with Gasteiger partial charge < -0.3 is 4.90 Å². The topological polar surface area (TPSA) is 57.7 Å². The molecule has 2 aliphatic rings. The quantitative estimate of drug-likeness (QED) is 0.647. The molecule has 1 fully saturated rings. The molecule has 0 N–H and O–H groups in total. The highest BCUT2D eigenvalue weighted by atomic mass is 32.2. The standard InChI is InChI=1S/C24H24N2O3S/c27-24(26-16-13-19-6-3-4-8-23(19)26)20-11-14-25(15-12-20)30(28,29)22-10-9-18-5-1-2-7-21(18)17-22/h1-10,17,20H,11-16H2. The van der Waals surface area contributed by atoms with Crippen LogP contribution >= 0.6 is 0 Å². The third-order valence-corrected chi connectivity index (χ3v) is 8.21. The third-order valence-electron chi connectivity index (χ3n) is 6.32. The number of sulfonamides is 1. The van der Waals surface area contributed by atoms with Crippen LogP contribution in [-0.2, 0) is 21.2 Å². The Bertz CT molecular complexity index is 1210. The van der Waals surface area contributed by atoms with Gasteiger partial charge in [-0.05, 0) is 53.8 Å². The Morgan fingerprint density at radius 1 is 0.833 bits per heavy atom. The summed E-state index contributed by atoms with van der Waals surface area (Å²) in [4.78, 5) is 15.3. The number of benzene rings is 3. The average Bonchev–Trinajstić information content (AvgIpc) is 3.22. The second-order valence-corrected chi connectivity index (χ2v) is 9.99. The van der Waals surface area contributed by atoms with E-state index < -0.39 is 10.0 Å². The Morgan fingerprint density at radius 3 is 2.33 bits per heavy atom. The minimum atomic E-state index is -3.56. The highest BCUT2D eigenvalue weighted by molar-refractivity contribution is 7.89. The zero-order chi connectivity index (χ0) is 20.7. The first kappa shape index (κ1) is 19.3. The molecule has 5 rings (SSSR count). The number of nitrogens with zero attached hydrogens (tertiary/aromatic N) is 2. The highest BCUT2D eigenvalue weighted by Gasteiger charge is 2.35. The van der Waals surface area contributed by atoms with Crippen molar-refractivity contribution in [1.29, 1.82) is 0 Å². The van der Waals surface area contributed by atoms with Gasteiger partial charge in [0.1, 0.15) is 0 Å².